The predicted octanol–water partition coefficient (Wildman–Crippen LogP) is 4.99. The van der Waals surface area contributed by atoms with Crippen molar-refractivity contribution in [3.8, 4) is 16.4 Å². The highest BCUT2D eigenvalue weighted by atomic mass is 32.1. The van der Waals surface area contributed by atoms with Gasteiger partial charge in [-0.05, 0) is 35.7 Å². The molecular formula is C20H22N2O3S. The van der Waals surface area contributed by atoms with E-state index in [9.17, 15) is 4.79 Å². The molecule has 136 valence electrons. The zero-order valence-electron chi connectivity index (χ0n) is 15.4. The van der Waals surface area contributed by atoms with E-state index >= 15 is 0 Å². The van der Waals surface area contributed by atoms with Crippen molar-refractivity contribution >= 4 is 22.9 Å². The van der Waals surface area contributed by atoms with E-state index in [2.05, 4.69) is 5.16 Å². The lowest BCUT2D eigenvalue weighted by Gasteiger charge is -2.26. The summed E-state index contributed by atoms with van der Waals surface area (Å²) in [6, 6.07) is 13.3. The molecule has 0 fully saturated rings. The van der Waals surface area contributed by atoms with E-state index < -0.39 is 5.41 Å². The fourth-order valence-electron chi connectivity index (χ4n) is 2.46. The molecule has 2 heterocycles. The van der Waals surface area contributed by atoms with E-state index in [1.807, 2.05) is 68.6 Å². The van der Waals surface area contributed by atoms with Crippen LogP contribution in [-0.4, -0.2) is 18.1 Å². The topological polar surface area (TPSA) is 55.6 Å². The lowest BCUT2D eigenvalue weighted by molar-refractivity contribution is -0.125. The molecule has 1 aromatic carbocycles. The maximum atomic E-state index is 12.3. The second kappa shape index (κ2) is 7.33. The smallest absolute Gasteiger partial charge is 0.232 e. The van der Waals surface area contributed by atoms with Crippen LogP contribution in [0.4, 0.5) is 5.69 Å². The van der Waals surface area contributed by atoms with Crippen molar-refractivity contribution in [2.75, 3.05) is 11.9 Å². The Morgan fingerprint density at radius 2 is 1.96 bits per heavy atom. The summed E-state index contributed by atoms with van der Waals surface area (Å²) in [5.41, 5.74) is 1.15. The Hall–Kier alpha value is -2.60. The van der Waals surface area contributed by atoms with Gasteiger partial charge in [0, 0.05) is 24.2 Å². The molecule has 0 N–H and O–H groups in total. The second-order valence-corrected chi connectivity index (χ2v) is 8.00. The van der Waals surface area contributed by atoms with Gasteiger partial charge in [0.05, 0.1) is 4.88 Å². The van der Waals surface area contributed by atoms with E-state index in [-0.39, 0.29) is 5.91 Å². The fourth-order valence-corrected chi connectivity index (χ4v) is 3.13. The van der Waals surface area contributed by atoms with Crippen LogP contribution in [0.15, 0.2) is 52.4 Å². The minimum absolute atomic E-state index is 0.0647. The molecule has 0 atom stereocenters. The summed E-state index contributed by atoms with van der Waals surface area (Å²) >= 11 is 1.61. The van der Waals surface area contributed by atoms with Crippen LogP contribution in [0.2, 0.25) is 0 Å². The first-order chi connectivity index (χ1) is 12.3. The third-order valence-electron chi connectivity index (χ3n) is 3.88. The summed E-state index contributed by atoms with van der Waals surface area (Å²) in [5.74, 6) is 1.53. The van der Waals surface area contributed by atoms with E-state index in [1.54, 1.807) is 23.3 Å². The molecule has 0 aliphatic heterocycles. The first-order valence-corrected chi connectivity index (χ1v) is 9.23. The first kappa shape index (κ1) is 18.2. The molecule has 0 unspecified atom stereocenters. The molecule has 0 aliphatic rings. The van der Waals surface area contributed by atoms with Crippen molar-refractivity contribution in [1.82, 2.24) is 5.16 Å². The Bertz CT molecular complexity index is 861. The van der Waals surface area contributed by atoms with Crippen molar-refractivity contribution in [3.05, 3.63) is 53.5 Å². The maximum absolute atomic E-state index is 12.3. The number of anilines is 1. The summed E-state index contributed by atoms with van der Waals surface area (Å²) < 4.78 is 11.1. The van der Waals surface area contributed by atoms with Gasteiger partial charge in [0.15, 0.2) is 5.76 Å². The van der Waals surface area contributed by atoms with Crippen molar-refractivity contribution in [2.45, 2.75) is 27.4 Å². The normalized spacial score (nSPS) is 11.4. The molecule has 5 nitrogen and oxygen atoms in total. The minimum atomic E-state index is -0.419. The number of nitrogens with zero attached hydrogens (tertiary/aromatic N) is 2. The standard InChI is InChI=1S/C20H22N2O3S/c1-20(2,3)19(23)22(4)15-7-9-16(10-8-15)24-13-14-12-17(25-21-14)18-6-5-11-26-18/h5-12H,13H2,1-4H3. The zero-order chi connectivity index (χ0) is 18.7. The predicted molar refractivity (Wildman–Crippen MR) is 103 cm³/mol. The number of benzene rings is 1. The highest BCUT2D eigenvalue weighted by molar-refractivity contribution is 7.13. The van der Waals surface area contributed by atoms with Crippen molar-refractivity contribution < 1.29 is 14.1 Å². The SMILES string of the molecule is CN(C(=O)C(C)(C)C)c1ccc(OCc2cc(-c3cccs3)on2)cc1. The monoisotopic (exact) mass is 370 g/mol. The molecule has 3 rings (SSSR count). The van der Waals surface area contributed by atoms with Crippen molar-refractivity contribution in [2.24, 2.45) is 5.41 Å². The molecule has 2 aromatic heterocycles. The number of rotatable bonds is 5. The molecule has 0 bridgehead atoms. The molecule has 0 spiro atoms. The van der Waals surface area contributed by atoms with Gasteiger partial charge in [0.2, 0.25) is 5.91 Å². The summed E-state index contributed by atoms with van der Waals surface area (Å²) in [4.78, 5) is 15.0. The van der Waals surface area contributed by atoms with Gasteiger partial charge in [-0.15, -0.1) is 11.3 Å². The average molecular weight is 370 g/mol. The number of ether oxygens (including phenoxy) is 1. The zero-order valence-corrected chi connectivity index (χ0v) is 16.2. The molecular weight excluding hydrogens is 348 g/mol. The van der Waals surface area contributed by atoms with Gasteiger partial charge in [-0.2, -0.15) is 0 Å². The van der Waals surface area contributed by atoms with Crippen LogP contribution in [0.3, 0.4) is 0 Å². The fraction of sp³-hybridized carbons (Fsp3) is 0.300. The molecule has 0 radical (unpaired) electrons. The number of carbonyl (C=O) groups excluding carboxylic acids is 1. The van der Waals surface area contributed by atoms with Crippen LogP contribution in [-0.2, 0) is 11.4 Å². The molecule has 26 heavy (non-hydrogen) atoms. The van der Waals surface area contributed by atoms with E-state index in [4.69, 9.17) is 9.26 Å². The lowest BCUT2D eigenvalue weighted by atomic mass is 9.95. The number of carbonyl (C=O) groups is 1. The average Bonchev–Trinajstić information content (AvgIpc) is 3.29. The Labute approximate surface area is 157 Å². The number of hydrogen-bond donors (Lipinski definition) is 0. The van der Waals surface area contributed by atoms with E-state index in [0.29, 0.717) is 12.4 Å². The Kier molecular flexibility index (Phi) is 5.13. The third-order valence-corrected chi connectivity index (χ3v) is 4.76. The molecule has 0 saturated heterocycles. The second-order valence-electron chi connectivity index (χ2n) is 7.06. The Morgan fingerprint density at radius 1 is 1.23 bits per heavy atom. The van der Waals surface area contributed by atoms with Gasteiger partial charge in [0.25, 0.3) is 0 Å². The van der Waals surface area contributed by atoms with Crippen LogP contribution in [0.5, 0.6) is 5.75 Å². The first-order valence-electron chi connectivity index (χ1n) is 8.35. The number of thiophene rings is 1. The molecule has 3 aromatic rings. The largest absolute Gasteiger partial charge is 0.487 e. The van der Waals surface area contributed by atoms with Crippen LogP contribution in [0.1, 0.15) is 26.5 Å². The van der Waals surface area contributed by atoms with Gasteiger partial charge in [0.1, 0.15) is 18.1 Å². The van der Waals surface area contributed by atoms with Gasteiger partial charge in [-0.25, -0.2) is 0 Å². The summed E-state index contributed by atoms with van der Waals surface area (Å²) in [6.45, 7) is 6.05. The number of amides is 1. The Balaban J connectivity index is 1.60. The quantitative estimate of drug-likeness (QED) is 0.635. The summed E-state index contributed by atoms with van der Waals surface area (Å²) in [7, 11) is 1.78. The van der Waals surface area contributed by atoms with Crippen molar-refractivity contribution in [1.29, 1.82) is 0 Å². The maximum Gasteiger partial charge on any atom is 0.232 e. The van der Waals surface area contributed by atoms with Crippen LogP contribution < -0.4 is 9.64 Å². The van der Waals surface area contributed by atoms with E-state index in [0.717, 1.165) is 22.0 Å². The van der Waals surface area contributed by atoms with Crippen LogP contribution >= 0.6 is 11.3 Å². The van der Waals surface area contributed by atoms with Gasteiger partial charge in [-0.3, -0.25) is 4.79 Å². The number of aromatic nitrogens is 1. The van der Waals surface area contributed by atoms with Crippen LogP contribution in [0, 0.1) is 5.41 Å². The molecule has 6 heteroatoms. The highest BCUT2D eigenvalue weighted by Gasteiger charge is 2.25. The van der Waals surface area contributed by atoms with E-state index in [1.165, 1.54) is 0 Å². The molecule has 0 saturated carbocycles. The summed E-state index contributed by atoms with van der Waals surface area (Å²) in [5, 5.41) is 6.03. The number of hydrogen-bond acceptors (Lipinski definition) is 5. The Morgan fingerprint density at radius 3 is 2.58 bits per heavy atom. The minimum Gasteiger partial charge on any atom is -0.487 e. The molecule has 1 amide bonds. The van der Waals surface area contributed by atoms with Gasteiger partial charge < -0.3 is 14.2 Å². The third kappa shape index (κ3) is 4.14. The van der Waals surface area contributed by atoms with Crippen molar-refractivity contribution in [3.63, 3.8) is 0 Å². The lowest BCUT2D eigenvalue weighted by Crippen LogP contribution is -2.36. The van der Waals surface area contributed by atoms with Gasteiger partial charge >= 0.3 is 0 Å². The van der Waals surface area contributed by atoms with Crippen LogP contribution in [0.25, 0.3) is 10.6 Å². The van der Waals surface area contributed by atoms with Gasteiger partial charge in [-0.1, -0.05) is 32.0 Å². The summed E-state index contributed by atoms with van der Waals surface area (Å²) in [6.07, 6.45) is 0. The highest BCUT2D eigenvalue weighted by Crippen LogP contribution is 2.26. The molecule has 0 aliphatic carbocycles.